The molecule has 90 valence electrons. The monoisotopic (exact) mass is 228 g/mol. The van der Waals surface area contributed by atoms with Crippen LogP contribution >= 0.6 is 0 Å². The lowest BCUT2D eigenvalue weighted by Gasteiger charge is -2.25. The highest BCUT2D eigenvalue weighted by atomic mass is 19.2. The number of nitrogens with zero attached hydrogens (tertiary/aromatic N) is 1. The van der Waals surface area contributed by atoms with E-state index < -0.39 is 11.6 Å². The molecule has 0 saturated carbocycles. The molecule has 0 aliphatic carbocycles. The van der Waals surface area contributed by atoms with Gasteiger partial charge < -0.3 is 5.73 Å². The van der Waals surface area contributed by atoms with Crippen molar-refractivity contribution in [1.82, 2.24) is 4.90 Å². The van der Waals surface area contributed by atoms with E-state index in [0.29, 0.717) is 19.1 Å². The quantitative estimate of drug-likeness (QED) is 0.836. The third kappa shape index (κ3) is 3.54. The molecule has 0 saturated heterocycles. The van der Waals surface area contributed by atoms with Crippen molar-refractivity contribution in [3.63, 3.8) is 0 Å². The standard InChI is InChI=1S/C12H18F2N2/c1-9(2)16(6-5-15)8-10-3-4-11(13)12(14)7-10/h3-4,7,9H,5-6,8,15H2,1-2H3. The Morgan fingerprint density at radius 2 is 1.94 bits per heavy atom. The fourth-order valence-electron chi connectivity index (χ4n) is 1.56. The van der Waals surface area contributed by atoms with E-state index in [9.17, 15) is 8.78 Å². The van der Waals surface area contributed by atoms with Crippen molar-refractivity contribution in [2.24, 2.45) is 5.73 Å². The smallest absolute Gasteiger partial charge is 0.159 e. The van der Waals surface area contributed by atoms with Crippen molar-refractivity contribution in [2.45, 2.75) is 26.4 Å². The first kappa shape index (κ1) is 13.1. The maximum atomic E-state index is 13.0. The molecule has 0 atom stereocenters. The third-order valence-electron chi connectivity index (χ3n) is 2.52. The third-order valence-corrected chi connectivity index (χ3v) is 2.52. The minimum Gasteiger partial charge on any atom is -0.329 e. The van der Waals surface area contributed by atoms with E-state index in [0.717, 1.165) is 18.2 Å². The Labute approximate surface area is 95.1 Å². The fraction of sp³-hybridized carbons (Fsp3) is 0.500. The molecule has 0 amide bonds. The molecule has 16 heavy (non-hydrogen) atoms. The van der Waals surface area contributed by atoms with Gasteiger partial charge in [0.25, 0.3) is 0 Å². The van der Waals surface area contributed by atoms with Crippen LogP contribution in [0.25, 0.3) is 0 Å². The van der Waals surface area contributed by atoms with Gasteiger partial charge in [-0.2, -0.15) is 0 Å². The summed E-state index contributed by atoms with van der Waals surface area (Å²) in [5, 5.41) is 0. The molecule has 0 aromatic heterocycles. The number of hydrogen-bond donors (Lipinski definition) is 1. The Kier molecular flexibility index (Phi) is 4.83. The predicted molar refractivity (Wildman–Crippen MR) is 61.0 cm³/mol. The summed E-state index contributed by atoms with van der Waals surface area (Å²) in [7, 11) is 0. The molecule has 4 heteroatoms. The minimum atomic E-state index is -0.807. The van der Waals surface area contributed by atoms with Gasteiger partial charge in [-0.05, 0) is 31.5 Å². The summed E-state index contributed by atoms with van der Waals surface area (Å²) in [6, 6.07) is 4.33. The molecule has 0 fully saturated rings. The molecule has 1 aromatic rings. The molecule has 2 nitrogen and oxygen atoms in total. The topological polar surface area (TPSA) is 29.3 Å². The van der Waals surface area contributed by atoms with Crippen molar-refractivity contribution in [3.05, 3.63) is 35.4 Å². The Hall–Kier alpha value is -1.00. The highest BCUT2D eigenvalue weighted by Crippen LogP contribution is 2.12. The minimum absolute atomic E-state index is 0.330. The van der Waals surface area contributed by atoms with Gasteiger partial charge in [-0.3, -0.25) is 4.90 Å². The van der Waals surface area contributed by atoms with E-state index >= 15 is 0 Å². The maximum absolute atomic E-state index is 13.0. The van der Waals surface area contributed by atoms with Crippen LogP contribution in [0.5, 0.6) is 0 Å². The van der Waals surface area contributed by atoms with E-state index in [2.05, 4.69) is 18.7 Å². The van der Waals surface area contributed by atoms with Crippen LogP contribution in [0.15, 0.2) is 18.2 Å². The van der Waals surface area contributed by atoms with Crippen molar-refractivity contribution in [2.75, 3.05) is 13.1 Å². The van der Waals surface area contributed by atoms with Crippen LogP contribution in [-0.2, 0) is 6.54 Å². The van der Waals surface area contributed by atoms with Crippen LogP contribution < -0.4 is 5.73 Å². The number of nitrogens with two attached hydrogens (primary N) is 1. The van der Waals surface area contributed by atoms with Crippen molar-refractivity contribution in [3.8, 4) is 0 Å². The van der Waals surface area contributed by atoms with Crippen LogP contribution in [-0.4, -0.2) is 24.0 Å². The zero-order valence-electron chi connectivity index (χ0n) is 9.71. The number of benzene rings is 1. The molecule has 0 aliphatic heterocycles. The second kappa shape index (κ2) is 5.92. The maximum Gasteiger partial charge on any atom is 0.159 e. The van der Waals surface area contributed by atoms with Crippen LogP contribution in [0.2, 0.25) is 0 Å². The summed E-state index contributed by atoms with van der Waals surface area (Å²) in [5.41, 5.74) is 6.26. The van der Waals surface area contributed by atoms with Gasteiger partial charge in [0.05, 0.1) is 0 Å². The average molecular weight is 228 g/mol. The lowest BCUT2D eigenvalue weighted by atomic mass is 10.2. The van der Waals surface area contributed by atoms with Crippen LogP contribution in [0, 0.1) is 11.6 Å². The van der Waals surface area contributed by atoms with E-state index in [1.807, 2.05) is 0 Å². The zero-order chi connectivity index (χ0) is 12.1. The SMILES string of the molecule is CC(C)N(CCN)Cc1ccc(F)c(F)c1. The first-order valence-electron chi connectivity index (χ1n) is 5.42. The Balaban J connectivity index is 2.73. The van der Waals surface area contributed by atoms with Crippen molar-refractivity contribution in [1.29, 1.82) is 0 Å². The molecule has 0 spiro atoms. The van der Waals surface area contributed by atoms with Gasteiger partial charge in [0.2, 0.25) is 0 Å². The molecule has 1 rings (SSSR count). The van der Waals surface area contributed by atoms with Gasteiger partial charge >= 0.3 is 0 Å². The summed E-state index contributed by atoms with van der Waals surface area (Å²) >= 11 is 0. The molecule has 0 bridgehead atoms. The molecule has 0 unspecified atom stereocenters. The molecule has 1 aromatic carbocycles. The van der Waals surface area contributed by atoms with Gasteiger partial charge in [-0.1, -0.05) is 6.07 Å². The van der Waals surface area contributed by atoms with Gasteiger partial charge in [0, 0.05) is 25.7 Å². The first-order chi connectivity index (χ1) is 7.54. The molecular weight excluding hydrogens is 210 g/mol. The van der Waals surface area contributed by atoms with E-state index in [-0.39, 0.29) is 0 Å². The Morgan fingerprint density at radius 3 is 2.44 bits per heavy atom. The summed E-state index contributed by atoms with van der Waals surface area (Å²) < 4.78 is 25.7. The summed E-state index contributed by atoms with van der Waals surface area (Å²) in [6.45, 7) is 6.00. The van der Waals surface area contributed by atoms with Crippen molar-refractivity contribution >= 4 is 0 Å². The highest BCUT2D eigenvalue weighted by molar-refractivity contribution is 5.17. The van der Waals surface area contributed by atoms with Crippen LogP contribution in [0.3, 0.4) is 0 Å². The second-order valence-corrected chi connectivity index (χ2v) is 4.10. The van der Waals surface area contributed by atoms with Crippen molar-refractivity contribution < 1.29 is 8.78 Å². The predicted octanol–water partition coefficient (Wildman–Crippen LogP) is 2.13. The van der Waals surface area contributed by atoms with E-state index in [1.54, 1.807) is 6.07 Å². The molecule has 2 N–H and O–H groups in total. The van der Waals surface area contributed by atoms with Crippen LogP contribution in [0.1, 0.15) is 19.4 Å². The molecule has 0 aliphatic rings. The second-order valence-electron chi connectivity index (χ2n) is 4.10. The summed E-state index contributed by atoms with van der Waals surface area (Å²) in [6.07, 6.45) is 0. The first-order valence-corrected chi connectivity index (χ1v) is 5.42. The number of halogens is 2. The van der Waals surface area contributed by atoms with Crippen LogP contribution in [0.4, 0.5) is 8.78 Å². The van der Waals surface area contributed by atoms with E-state index in [4.69, 9.17) is 5.73 Å². The van der Waals surface area contributed by atoms with Gasteiger partial charge in [-0.25, -0.2) is 8.78 Å². The fourth-order valence-corrected chi connectivity index (χ4v) is 1.56. The Morgan fingerprint density at radius 1 is 1.25 bits per heavy atom. The zero-order valence-corrected chi connectivity index (χ0v) is 9.71. The summed E-state index contributed by atoms with van der Waals surface area (Å²) in [5.74, 6) is -1.60. The van der Waals surface area contributed by atoms with Gasteiger partial charge in [0.1, 0.15) is 0 Å². The molecular formula is C12H18F2N2. The average Bonchev–Trinajstić information content (AvgIpc) is 2.22. The largest absolute Gasteiger partial charge is 0.329 e. The lowest BCUT2D eigenvalue weighted by Crippen LogP contribution is -2.34. The highest BCUT2D eigenvalue weighted by Gasteiger charge is 2.10. The van der Waals surface area contributed by atoms with Gasteiger partial charge in [0.15, 0.2) is 11.6 Å². The Bertz CT molecular complexity index is 340. The lowest BCUT2D eigenvalue weighted by molar-refractivity contribution is 0.219. The number of rotatable bonds is 5. The number of hydrogen-bond acceptors (Lipinski definition) is 2. The molecule has 0 radical (unpaired) electrons. The normalized spacial score (nSPS) is 11.4. The van der Waals surface area contributed by atoms with Gasteiger partial charge in [-0.15, -0.1) is 0 Å². The molecule has 0 heterocycles. The van der Waals surface area contributed by atoms with E-state index in [1.165, 1.54) is 6.07 Å². The summed E-state index contributed by atoms with van der Waals surface area (Å²) in [4.78, 5) is 2.12.